The fourth-order valence-corrected chi connectivity index (χ4v) is 3.83. The van der Waals surface area contributed by atoms with Crippen LogP contribution in [0.25, 0.3) is 0 Å². The monoisotopic (exact) mass is 344 g/mol. The summed E-state index contributed by atoms with van der Waals surface area (Å²) in [5.74, 6) is 0.917. The number of likely N-dealkylation sites (tertiary alicyclic amines) is 1. The Hall–Kier alpha value is -1.59. The van der Waals surface area contributed by atoms with Crippen molar-refractivity contribution in [3.05, 3.63) is 35.9 Å². The van der Waals surface area contributed by atoms with Gasteiger partial charge >= 0.3 is 0 Å². The number of ether oxygens (including phenoxy) is 1. The molecular formula is C20H32N4O. The summed E-state index contributed by atoms with van der Waals surface area (Å²) in [6, 6.07) is 11.4. The molecule has 1 aromatic rings. The summed E-state index contributed by atoms with van der Waals surface area (Å²) in [6.45, 7) is 4.91. The zero-order chi connectivity index (χ0) is 17.5. The summed E-state index contributed by atoms with van der Waals surface area (Å²) in [5.41, 5.74) is 1.75. The SMILES string of the molecule is CN=C(NCC1CCCN1CCOC)NCC1(c2ccccc2)CC1. The Kier molecular flexibility index (Phi) is 6.32. The molecule has 1 saturated carbocycles. The van der Waals surface area contributed by atoms with Crippen molar-refractivity contribution in [2.45, 2.75) is 37.1 Å². The van der Waals surface area contributed by atoms with Gasteiger partial charge in [0.15, 0.2) is 5.96 Å². The van der Waals surface area contributed by atoms with Gasteiger partial charge in [0.05, 0.1) is 6.61 Å². The second-order valence-electron chi connectivity index (χ2n) is 7.28. The van der Waals surface area contributed by atoms with Crippen molar-refractivity contribution in [2.75, 3.05) is 46.9 Å². The molecule has 0 radical (unpaired) electrons. The Bertz CT molecular complexity index is 556. The van der Waals surface area contributed by atoms with Gasteiger partial charge in [-0.1, -0.05) is 30.3 Å². The third kappa shape index (κ3) is 4.73. The number of nitrogens with one attached hydrogen (secondary N) is 2. The average molecular weight is 345 g/mol. The van der Waals surface area contributed by atoms with Crippen molar-refractivity contribution in [2.24, 2.45) is 4.99 Å². The summed E-state index contributed by atoms with van der Waals surface area (Å²) in [6.07, 6.45) is 5.05. The number of rotatable bonds is 8. The first kappa shape index (κ1) is 18.2. The van der Waals surface area contributed by atoms with Gasteiger partial charge < -0.3 is 15.4 Å². The summed E-state index contributed by atoms with van der Waals surface area (Å²) < 4.78 is 5.23. The van der Waals surface area contributed by atoms with Crippen LogP contribution in [0, 0.1) is 0 Å². The Labute approximate surface area is 151 Å². The molecule has 1 aliphatic carbocycles. The van der Waals surface area contributed by atoms with E-state index in [0.717, 1.165) is 32.2 Å². The van der Waals surface area contributed by atoms with Gasteiger partial charge in [-0.05, 0) is 37.8 Å². The predicted octanol–water partition coefficient (Wildman–Crippen LogP) is 1.99. The normalized spacial score (nSPS) is 22.8. The Morgan fingerprint density at radius 3 is 2.76 bits per heavy atom. The molecule has 1 heterocycles. The predicted molar refractivity (Wildman–Crippen MR) is 103 cm³/mol. The fraction of sp³-hybridized carbons (Fsp3) is 0.650. The zero-order valence-electron chi connectivity index (χ0n) is 15.6. The minimum atomic E-state index is 0.302. The largest absolute Gasteiger partial charge is 0.383 e. The summed E-state index contributed by atoms with van der Waals surface area (Å²) in [5, 5.41) is 7.07. The van der Waals surface area contributed by atoms with Crippen LogP contribution in [0.2, 0.25) is 0 Å². The van der Waals surface area contributed by atoms with Crippen molar-refractivity contribution < 1.29 is 4.74 Å². The minimum absolute atomic E-state index is 0.302. The highest BCUT2D eigenvalue weighted by Crippen LogP contribution is 2.47. The number of methoxy groups -OCH3 is 1. The van der Waals surface area contributed by atoms with E-state index in [0.29, 0.717) is 11.5 Å². The van der Waals surface area contributed by atoms with E-state index in [-0.39, 0.29) is 0 Å². The molecule has 1 atom stereocenters. The molecule has 1 unspecified atom stereocenters. The van der Waals surface area contributed by atoms with E-state index in [1.165, 1.54) is 37.8 Å². The average Bonchev–Trinajstić information content (AvgIpc) is 3.32. The molecular weight excluding hydrogens is 312 g/mol. The molecule has 0 amide bonds. The number of hydrogen-bond donors (Lipinski definition) is 2. The lowest BCUT2D eigenvalue weighted by atomic mass is 9.96. The van der Waals surface area contributed by atoms with E-state index < -0.39 is 0 Å². The van der Waals surface area contributed by atoms with E-state index in [4.69, 9.17) is 4.74 Å². The van der Waals surface area contributed by atoms with Crippen LogP contribution in [-0.4, -0.2) is 63.8 Å². The first-order chi connectivity index (χ1) is 12.3. The van der Waals surface area contributed by atoms with Crippen LogP contribution in [0.5, 0.6) is 0 Å². The molecule has 0 bridgehead atoms. The maximum Gasteiger partial charge on any atom is 0.191 e. The number of hydrogen-bond acceptors (Lipinski definition) is 3. The third-order valence-corrected chi connectivity index (χ3v) is 5.64. The highest BCUT2D eigenvalue weighted by molar-refractivity contribution is 5.79. The standard InChI is InChI=1S/C20H32N4O/c1-21-19(22-15-18-9-6-12-24(18)13-14-25-2)23-16-20(10-11-20)17-7-4-3-5-8-17/h3-5,7-8,18H,6,9-16H2,1-2H3,(H2,21,22,23). The topological polar surface area (TPSA) is 48.9 Å². The molecule has 1 aliphatic heterocycles. The number of benzene rings is 1. The molecule has 0 aromatic heterocycles. The second-order valence-corrected chi connectivity index (χ2v) is 7.28. The Balaban J connectivity index is 1.46. The summed E-state index contributed by atoms with van der Waals surface area (Å²) >= 11 is 0. The van der Waals surface area contributed by atoms with E-state index in [1.54, 1.807) is 7.11 Å². The number of aliphatic imine (C=N–C) groups is 1. The zero-order valence-corrected chi connectivity index (χ0v) is 15.6. The molecule has 5 nitrogen and oxygen atoms in total. The smallest absolute Gasteiger partial charge is 0.191 e. The van der Waals surface area contributed by atoms with Crippen LogP contribution in [0.1, 0.15) is 31.2 Å². The molecule has 25 heavy (non-hydrogen) atoms. The van der Waals surface area contributed by atoms with Crippen LogP contribution in [0.15, 0.2) is 35.3 Å². The van der Waals surface area contributed by atoms with Gasteiger partial charge in [-0.25, -0.2) is 0 Å². The first-order valence-electron chi connectivity index (χ1n) is 9.50. The maximum atomic E-state index is 5.23. The molecule has 5 heteroatoms. The van der Waals surface area contributed by atoms with Gasteiger partial charge in [-0.15, -0.1) is 0 Å². The van der Waals surface area contributed by atoms with Gasteiger partial charge in [0.25, 0.3) is 0 Å². The molecule has 1 aromatic carbocycles. The Morgan fingerprint density at radius 1 is 1.28 bits per heavy atom. The van der Waals surface area contributed by atoms with Crippen LogP contribution in [0.3, 0.4) is 0 Å². The van der Waals surface area contributed by atoms with E-state index >= 15 is 0 Å². The lowest BCUT2D eigenvalue weighted by molar-refractivity contribution is 0.141. The highest BCUT2D eigenvalue weighted by atomic mass is 16.5. The lowest BCUT2D eigenvalue weighted by Gasteiger charge is -2.25. The van der Waals surface area contributed by atoms with Crippen molar-refractivity contribution in [1.29, 1.82) is 0 Å². The van der Waals surface area contributed by atoms with E-state index in [1.807, 2.05) is 7.05 Å². The van der Waals surface area contributed by atoms with Crippen LogP contribution in [-0.2, 0) is 10.2 Å². The number of nitrogens with zero attached hydrogens (tertiary/aromatic N) is 2. The van der Waals surface area contributed by atoms with Crippen LogP contribution in [0.4, 0.5) is 0 Å². The van der Waals surface area contributed by atoms with E-state index in [2.05, 4.69) is 50.9 Å². The molecule has 138 valence electrons. The second kappa shape index (κ2) is 8.68. The van der Waals surface area contributed by atoms with E-state index in [9.17, 15) is 0 Å². The molecule has 3 rings (SSSR count). The minimum Gasteiger partial charge on any atom is -0.383 e. The van der Waals surface area contributed by atoms with Crippen molar-refractivity contribution in [1.82, 2.24) is 15.5 Å². The molecule has 2 N–H and O–H groups in total. The lowest BCUT2D eigenvalue weighted by Crippen LogP contribution is -2.47. The highest BCUT2D eigenvalue weighted by Gasteiger charge is 2.44. The third-order valence-electron chi connectivity index (χ3n) is 5.64. The first-order valence-corrected chi connectivity index (χ1v) is 9.50. The maximum absolute atomic E-state index is 5.23. The molecule has 1 saturated heterocycles. The van der Waals surface area contributed by atoms with Gasteiger partial charge in [-0.3, -0.25) is 9.89 Å². The van der Waals surface area contributed by atoms with Gasteiger partial charge in [0.1, 0.15) is 0 Å². The quantitative estimate of drug-likeness (QED) is 0.559. The fourth-order valence-electron chi connectivity index (χ4n) is 3.83. The molecule has 0 spiro atoms. The van der Waals surface area contributed by atoms with Gasteiger partial charge in [0.2, 0.25) is 0 Å². The summed E-state index contributed by atoms with van der Waals surface area (Å²) in [7, 11) is 3.63. The van der Waals surface area contributed by atoms with Crippen LogP contribution < -0.4 is 10.6 Å². The van der Waals surface area contributed by atoms with Gasteiger partial charge in [0, 0.05) is 45.2 Å². The summed E-state index contributed by atoms with van der Waals surface area (Å²) in [4.78, 5) is 6.94. The van der Waals surface area contributed by atoms with Crippen molar-refractivity contribution in [3.63, 3.8) is 0 Å². The van der Waals surface area contributed by atoms with Crippen LogP contribution >= 0.6 is 0 Å². The number of guanidine groups is 1. The molecule has 2 aliphatic rings. The van der Waals surface area contributed by atoms with Gasteiger partial charge in [-0.2, -0.15) is 0 Å². The van der Waals surface area contributed by atoms with Crippen molar-refractivity contribution >= 4 is 5.96 Å². The molecule has 2 fully saturated rings. The van der Waals surface area contributed by atoms with Crippen molar-refractivity contribution in [3.8, 4) is 0 Å². The Morgan fingerprint density at radius 2 is 2.08 bits per heavy atom.